The van der Waals surface area contributed by atoms with E-state index in [0.29, 0.717) is 11.1 Å². The molecule has 0 fully saturated rings. The number of benzene rings is 1. The largest absolute Gasteiger partial charge is 0.481 e. The Morgan fingerprint density at radius 1 is 1.04 bits per heavy atom. The molecule has 0 aromatic heterocycles. The van der Waals surface area contributed by atoms with Crippen molar-refractivity contribution in [3.05, 3.63) is 28.8 Å². The van der Waals surface area contributed by atoms with Gasteiger partial charge >= 0.3 is 15.6 Å². The summed E-state index contributed by atoms with van der Waals surface area (Å²) in [5.41, 5.74) is 1.95. The summed E-state index contributed by atoms with van der Waals surface area (Å²) in [5.74, 6) is -0.646. The average Bonchev–Trinajstić information content (AvgIpc) is 2.21. The van der Waals surface area contributed by atoms with Gasteiger partial charge < -0.3 is 14.7 Å². The van der Waals surface area contributed by atoms with Crippen LogP contribution in [0.3, 0.4) is 0 Å². The summed E-state index contributed by atoms with van der Waals surface area (Å²) in [6.45, 7) is 4.31. The SMILES string of the molecule is Cc1cc(C)c(S(=O)(=O)CCOP(=O)(O)OP(=O)(O)O)c(C)c1. The molecular weight excluding hydrogens is 370 g/mol. The Kier molecular flexibility index (Phi) is 6.34. The fraction of sp³-hybridized carbons (Fsp3) is 0.455. The molecule has 0 saturated heterocycles. The standard InChI is InChI=1S/C11H18O9P2S/c1-8-6-9(2)11(10(3)7-8)23(17,18)5-4-19-22(15,16)20-21(12,13)14/h6-7H,4-5H2,1-3H3,(H,15,16)(H2,12,13,14). The van der Waals surface area contributed by atoms with Crippen LogP contribution in [0, 0.1) is 20.8 Å². The van der Waals surface area contributed by atoms with Gasteiger partial charge in [0.2, 0.25) is 0 Å². The van der Waals surface area contributed by atoms with E-state index in [0.717, 1.165) is 5.56 Å². The summed E-state index contributed by atoms with van der Waals surface area (Å²) in [6, 6.07) is 3.38. The molecule has 23 heavy (non-hydrogen) atoms. The fourth-order valence-electron chi connectivity index (χ4n) is 2.18. The van der Waals surface area contributed by atoms with E-state index in [2.05, 4.69) is 8.83 Å². The Bertz CT molecular complexity index is 758. The van der Waals surface area contributed by atoms with Gasteiger partial charge in [0.25, 0.3) is 0 Å². The van der Waals surface area contributed by atoms with Crippen molar-refractivity contribution in [2.45, 2.75) is 25.7 Å². The first-order valence-electron chi connectivity index (χ1n) is 6.28. The highest BCUT2D eigenvalue weighted by Crippen LogP contribution is 2.57. The topological polar surface area (TPSA) is 147 Å². The molecule has 1 rings (SSSR count). The number of phosphoric ester groups is 1. The van der Waals surface area contributed by atoms with Crippen molar-refractivity contribution in [3.63, 3.8) is 0 Å². The van der Waals surface area contributed by atoms with Crippen molar-refractivity contribution in [1.82, 2.24) is 0 Å². The molecule has 0 heterocycles. The van der Waals surface area contributed by atoms with E-state index in [-0.39, 0.29) is 4.90 Å². The maximum atomic E-state index is 12.3. The van der Waals surface area contributed by atoms with E-state index in [9.17, 15) is 17.5 Å². The molecule has 3 N–H and O–H groups in total. The van der Waals surface area contributed by atoms with E-state index in [1.54, 1.807) is 26.0 Å². The predicted molar refractivity (Wildman–Crippen MR) is 81.6 cm³/mol. The molecule has 0 aliphatic carbocycles. The van der Waals surface area contributed by atoms with E-state index in [1.165, 1.54) is 0 Å². The molecule has 1 atom stereocenters. The van der Waals surface area contributed by atoms with Crippen LogP contribution in [-0.2, 0) is 27.8 Å². The maximum absolute atomic E-state index is 12.3. The van der Waals surface area contributed by atoms with Crippen LogP contribution >= 0.6 is 15.6 Å². The van der Waals surface area contributed by atoms with Crippen LogP contribution in [0.25, 0.3) is 0 Å². The molecule has 12 heteroatoms. The second kappa shape index (κ2) is 7.13. The van der Waals surface area contributed by atoms with Crippen molar-refractivity contribution >= 4 is 25.5 Å². The molecule has 1 aromatic carbocycles. The highest BCUT2D eigenvalue weighted by molar-refractivity contribution is 7.91. The molecule has 132 valence electrons. The number of sulfone groups is 1. The third-order valence-corrected chi connectivity index (χ3v) is 6.89. The molecule has 0 spiro atoms. The van der Waals surface area contributed by atoms with Gasteiger partial charge in [-0.25, -0.2) is 17.5 Å². The van der Waals surface area contributed by atoms with Crippen LogP contribution in [0.15, 0.2) is 17.0 Å². The third kappa shape index (κ3) is 6.45. The van der Waals surface area contributed by atoms with Crippen LogP contribution in [0.4, 0.5) is 0 Å². The predicted octanol–water partition coefficient (Wildman–Crippen LogP) is 1.61. The van der Waals surface area contributed by atoms with Crippen LogP contribution in [0.1, 0.15) is 16.7 Å². The van der Waals surface area contributed by atoms with Crippen molar-refractivity contribution in [2.75, 3.05) is 12.4 Å². The van der Waals surface area contributed by atoms with Gasteiger partial charge in [-0.3, -0.25) is 4.52 Å². The summed E-state index contributed by atoms with van der Waals surface area (Å²) in [5, 5.41) is 0. The Labute approximate surface area is 134 Å². The molecule has 0 aliphatic rings. The normalized spacial score (nSPS) is 15.4. The number of phosphoric acid groups is 2. The molecular formula is C11H18O9P2S. The van der Waals surface area contributed by atoms with Gasteiger partial charge in [-0.1, -0.05) is 17.7 Å². The van der Waals surface area contributed by atoms with Crippen molar-refractivity contribution in [1.29, 1.82) is 0 Å². The summed E-state index contributed by atoms with van der Waals surface area (Å²) in [7, 11) is -14.1. The van der Waals surface area contributed by atoms with Gasteiger partial charge in [-0.15, -0.1) is 0 Å². The van der Waals surface area contributed by atoms with Crippen LogP contribution in [0.5, 0.6) is 0 Å². The van der Waals surface area contributed by atoms with Gasteiger partial charge in [-0.05, 0) is 31.9 Å². The quantitative estimate of drug-likeness (QED) is 0.593. The zero-order chi connectivity index (χ0) is 18.1. The lowest BCUT2D eigenvalue weighted by Gasteiger charge is -2.14. The minimum Gasteiger partial charge on any atom is -0.302 e. The summed E-state index contributed by atoms with van der Waals surface area (Å²) >= 11 is 0. The molecule has 0 amide bonds. The Morgan fingerprint density at radius 3 is 1.96 bits per heavy atom. The number of hydrogen-bond donors (Lipinski definition) is 3. The molecule has 0 bridgehead atoms. The minimum atomic E-state index is -5.23. The van der Waals surface area contributed by atoms with Crippen LogP contribution in [-0.4, -0.2) is 35.5 Å². The third-order valence-electron chi connectivity index (χ3n) is 2.73. The maximum Gasteiger partial charge on any atom is 0.481 e. The minimum absolute atomic E-state index is 0.0929. The fourth-order valence-corrected chi connectivity index (χ4v) is 5.49. The Morgan fingerprint density at radius 2 is 1.52 bits per heavy atom. The number of aryl methyl sites for hydroxylation is 3. The van der Waals surface area contributed by atoms with Gasteiger partial charge in [0.05, 0.1) is 17.3 Å². The number of rotatable bonds is 7. The van der Waals surface area contributed by atoms with Gasteiger partial charge in [-0.2, -0.15) is 4.31 Å². The summed E-state index contributed by atoms with van der Waals surface area (Å²) in [6.07, 6.45) is 0. The van der Waals surface area contributed by atoms with E-state index in [4.69, 9.17) is 14.7 Å². The molecule has 0 radical (unpaired) electrons. The summed E-state index contributed by atoms with van der Waals surface area (Å²) < 4.78 is 54.2. The molecule has 1 unspecified atom stereocenters. The zero-order valence-electron chi connectivity index (χ0n) is 12.7. The first-order chi connectivity index (χ1) is 10.2. The highest BCUT2D eigenvalue weighted by atomic mass is 32.2. The monoisotopic (exact) mass is 388 g/mol. The first kappa shape index (κ1) is 20.5. The Hall–Kier alpha value is -0.570. The van der Waals surface area contributed by atoms with Gasteiger partial charge in [0.15, 0.2) is 9.84 Å². The highest BCUT2D eigenvalue weighted by Gasteiger charge is 2.33. The lowest BCUT2D eigenvalue weighted by molar-refractivity contribution is 0.185. The summed E-state index contributed by atoms with van der Waals surface area (Å²) in [4.78, 5) is 26.1. The molecule has 9 nitrogen and oxygen atoms in total. The van der Waals surface area contributed by atoms with Crippen molar-refractivity contribution < 1.29 is 41.1 Å². The number of hydrogen-bond acceptors (Lipinski definition) is 6. The lowest BCUT2D eigenvalue weighted by atomic mass is 10.1. The van der Waals surface area contributed by atoms with Crippen LogP contribution < -0.4 is 0 Å². The van der Waals surface area contributed by atoms with Crippen molar-refractivity contribution in [3.8, 4) is 0 Å². The van der Waals surface area contributed by atoms with Gasteiger partial charge in [0.1, 0.15) is 0 Å². The second-order valence-electron chi connectivity index (χ2n) is 4.92. The second-order valence-corrected chi connectivity index (χ2v) is 9.80. The zero-order valence-corrected chi connectivity index (χ0v) is 15.3. The van der Waals surface area contributed by atoms with E-state index in [1.807, 2.05) is 6.92 Å². The van der Waals surface area contributed by atoms with Gasteiger partial charge in [0, 0.05) is 0 Å². The molecule has 1 aromatic rings. The smallest absolute Gasteiger partial charge is 0.302 e. The molecule has 0 saturated carbocycles. The first-order valence-corrected chi connectivity index (χ1v) is 11.0. The van der Waals surface area contributed by atoms with E-state index < -0.39 is 37.8 Å². The Balaban J connectivity index is 2.86. The molecule has 0 aliphatic heterocycles. The van der Waals surface area contributed by atoms with Crippen molar-refractivity contribution in [2.24, 2.45) is 0 Å². The van der Waals surface area contributed by atoms with E-state index >= 15 is 0 Å². The van der Waals surface area contributed by atoms with Crippen LogP contribution in [0.2, 0.25) is 0 Å². The lowest BCUT2D eigenvalue weighted by Crippen LogP contribution is -2.15. The average molecular weight is 388 g/mol.